The molecule has 1 aliphatic carbocycles. The minimum Gasteiger partial charge on any atom is -0.480 e. The van der Waals surface area contributed by atoms with Gasteiger partial charge in [0.1, 0.15) is 5.54 Å². The second-order valence-corrected chi connectivity index (χ2v) is 5.78. The van der Waals surface area contributed by atoms with Gasteiger partial charge in [0.15, 0.2) is 0 Å². The van der Waals surface area contributed by atoms with Crippen LogP contribution in [-0.2, 0) is 4.79 Å². The van der Waals surface area contributed by atoms with E-state index in [1.165, 1.54) is 38.5 Å². The summed E-state index contributed by atoms with van der Waals surface area (Å²) in [7, 11) is 0. The fraction of sp³-hybridized carbons (Fsp3) is 0.923. The molecule has 4 heteroatoms. The first kappa shape index (κ1) is 12.8. The molecule has 1 unspecified atom stereocenters. The van der Waals surface area contributed by atoms with E-state index in [0.717, 1.165) is 19.0 Å². The van der Waals surface area contributed by atoms with Crippen LogP contribution in [0.5, 0.6) is 0 Å². The zero-order chi connectivity index (χ0) is 12.3. The monoisotopic (exact) mass is 240 g/mol. The summed E-state index contributed by atoms with van der Waals surface area (Å²) in [5.74, 6) is 0.0130. The number of carboxylic acid groups (broad SMARTS) is 1. The van der Waals surface area contributed by atoms with Crippen molar-refractivity contribution in [3.8, 4) is 0 Å². The zero-order valence-corrected chi connectivity index (χ0v) is 10.5. The van der Waals surface area contributed by atoms with Crippen molar-refractivity contribution in [1.82, 2.24) is 4.90 Å². The number of hydrogen-bond acceptors (Lipinski definition) is 3. The van der Waals surface area contributed by atoms with Gasteiger partial charge in [-0.1, -0.05) is 32.1 Å². The van der Waals surface area contributed by atoms with E-state index in [2.05, 4.69) is 4.90 Å². The third-order valence-electron chi connectivity index (χ3n) is 4.38. The van der Waals surface area contributed by atoms with Gasteiger partial charge in [0.2, 0.25) is 0 Å². The van der Waals surface area contributed by atoms with Crippen molar-refractivity contribution >= 4 is 5.97 Å². The van der Waals surface area contributed by atoms with Gasteiger partial charge in [-0.15, -0.1) is 0 Å². The molecule has 2 fully saturated rings. The molecule has 1 saturated carbocycles. The van der Waals surface area contributed by atoms with Crippen LogP contribution in [0.2, 0.25) is 0 Å². The fourth-order valence-electron chi connectivity index (χ4n) is 3.12. The molecule has 0 aromatic rings. The number of nitrogens with two attached hydrogens (primary N) is 1. The lowest BCUT2D eigenvalue weighted by Crippen LogP contribution is -2.50. The second kappa shape index (κ2) is 5.36. The number of carboxylic acids is 1. The SMILES string of the molecule is NC1(C(=O)O)CCN(CCC2CCCCC2)C1. The predicted octanol–water partition coefficient (Wildman–Crippen LogP) is 1.44. The molecule has 1 aliphatic heterocycles. The minimum atomic E-state index is -0.993. The first-order valence-electron chi connectivity index (χ1n) is 6.85. The number of hydrogen-bond donors (Lipinski definition) is 2. The Morgan fingerprint density at radius 2 is 2.06 bits per heavy atom. The van der Waals surface area contributed by atoms with Crippen LogP contribution in [0.25, 0.3) is 0 Å². The predicted molar refractivity (Wildman–Crippen MR) is 66.8 cm³/mol. The highest BCUT2D eigenvalue weighted by molar-refractivity contribution is 5.79. The van der Waals surface area contributed by atoms with Crippen LogP contribution < -0.4 is 5.73 Å². The molecule has 1 saturated heterocycles. The van der Waals surface area contributed by atoms with Crippen molar-refractivity contribution in [3.63, 3.8) is 0 Å². The summed E-state index contributed by atoms with van der Waals surface area (Å²) < 4.78 is 0. The number of nitrogens with zero attached hydrogens (tertiary/aromatic N) is 1. The highest BCUT2D eigenvalue weighted by atomic mass is 16.4. The quantitative estimate of drug-likeness (QED) is 0.780. The van der Waals surface area contributed by atoms with E-state index in [1.54, 1.807) is 0 Å². The highest BCUT2D eigenvalue weighted by Gasteiger charge is 2.40. The molecule has 0 aromatic carbocycles. The Kier molecular flexibility index (Phi) is 4.05. The summed E-state index contributed by atoms with van der Waals surface area (Å²) in [5.41, 5.74) is 4.87. The number of rotatable bonds is 4. The summed E-state index contributed by atoms with van der Waals surface area (Å²) >= 11 is 0. The molecule has 2 rings (SSSR count). The molecule has 4 nitrogen and oxygen atoms in total. The van der Waals surface area contributed by atoms with E-state index in [4.69, 9.17) is 10.8 Å². The standard InChI is InChI=1S/C13H24N2O2/c14-13(12(16)17)7-9-15(10-13)8-6-11-4-2-1-3-5-11/h11H,1-10,14H2,(H,16,17). The van der Waals surface area contributed by atoms with Gasteiger partial charge in [-0.25, -0.2) is 0 Å². The Morgan fingerprint density at radius 1 is 1.35 bits per heavy atom. The average molecular weight is 240 g/mol. The molecule has 0 aromatic heterocycles. The summed E-state index contributed by atoms with van der Waals surface area (Å²) in [6.07, 6.45) is 8.68. The molecule has 1 atom stereocenters. The third kappa shape index (κ3) is 3.19. The van der Waals surface area contributed by atoms with Crippen LogP contribution in [0.4, 0.5) is 0 Å². The van der Waals surface area contributed by atoms with Gasteiger partial charge < -0.3 is 15.7 Å². The third-order valence-corrected chi connectivity index (χ3v) is 4.38. The maximum Gasteiger partial charge on any atom is 0.325 e. The molecule has 1 heterocycles. The molecule has 0 radical (unpaired) electrons. The van der Waals surface area contributed by atoms with E-state index in [0.29, 0.717) is 13.0 Å². The molecule has 98 valence electrons. The molecule has 0 bridgehead atoms. The van der Waals surface area contributed by atoms with E-state index >= 15 is 0 Å². The second-order valence-electron chi connectivity index (χ2n) is 5.78. The lowest BCUT2D eigenvalue weighted by molar-refractivity contribution is -0.142. The van der Waals surface area contributed by atoms with Crippen molar-refractivity contribution < 1.29 is 9.90 Å². The first-order valence-corrected chi connectivity index (χ1v) is 6.85. The Hall–Kier alpha value is -0.610. The van der Waals surface area contributed by atoms with Crippen LogP contribution in [0.15, 0.2) is 0 Å². The zero-order valence-electron chi connectivity index (χ0n) is 10.5. The van der Waals surface area contributed by atoms with Crippen LogP contribution >= 0.6 is 0 Å². The largest absolute Gasteiger partial charge is 0.480 e. The summed E-state index contributed by atoms with van der Waals surface area (Å²) in [6.45, 7) is 2.39. The maximum atomic E-state index is 11.0. The molecular formula is C13H24N2O2. The van der Waals surface area contributed by atoms with Gasteiger partial charge in [0.05, 0.1) is 0 Å². The van der Waals surface area contributed by atoms with Crippen molar-refractivity contribution in [1.29, 1.82) is 0 Å². The van der Waals surface area contributed by atoms with Crippen LogP contribution in [0.1, 0.15) is 44.9 Å². The Balaban J connectivity index is 1.72. The highest BCUT2D eigenvalue weighted by Crippen LogP contribution is 2.27. The van der Waals surface area contributed by atoms with Gasteiger partial charge in [0, 0.05) is 13.1 Å². The van der Waals surface area contributed by atoms with E-state index in [-0.39, 0.29) is 0 Å². The van der Waals surface area contributed by atoms with Crippen LogP contribution in [0, 0.1) is 5.92 Å². The van der Waals surface area contributed by atoms with Gasteiger partial charge in [-0.2, -0.15) is 0 Å². The normalized spacial score (nSPS) is 31.8. The van der Waals surface area contributed by atoms with Gasteiger partial charge in [0.25, 0.3) is 0 Å². The first-order chi connectivity index (χ1) is 8.10. The van der Waals surface area contributed by atoms with Crippen molar-refractivity contribution in [2.45, 2.75) is 50.5 Å². The molecule has 3 N–H and O–H groups in total. The van der Waals surface area contributed by atoms with Gasteiger partial charge in [-0.3, -0.25) is 4.79 Å². The number of carbonyl (C=O) groups is 1. The molecule has 17 heavy (non-hydrogen) atoms. The van der Waals surface area contributed by atoms with Crippen molar-refractivity contribution in [3.05, 3.63) is 0 Å². The Labute approximate surface area is 103 Å². The summed E-state index contributed by atoms with van der Waals surface area (Å²) in [5, 5.41) is 9.06. The lowest BCUT2D eigenvalue weighted by atomic mass is 9.87. The topological polar surface area (TPSA) is 66.6 Å². The summed E-state index contributed by atoms with van der Waals surface area (Å²) in [6, 6.07) is 0. The summed E-state index contributed by atoms with van der Waals surface area (Å²) in [4.78, 5) is 13.2. The van der Waals surface area contributed by atoms with Gasteiger partial charge in [-0.05, 0) is 25.3 Å². The van der Waals surface area contributed by atoms with Gasteiger partial charge >= 0.3 is 5.97 Å². The lowest BCUT2D eigenvalue weighted by Gasteiger charge is -2.25. The van der Waals surface area contributed by atoms with Crippen LogP contribution in [0.3, 0.4) is 0 Å². The Bertz CT molecular complexity index is 277. The van der Waals surface area contributed by atoms with E-state index < -0.39 is 11.5 Å². The van der Waals surface area contributed by atoms with Crippen molar-refractivity contribution in [2.24, 2.45) is 11.7 Å². The van der Waals surface area contributed by atoms with Crippen molar-refractivity contribution in [2.75, 3.05) is 19.6 Å². The fourth-order valence-corrected chi connectivity index (χ4v) is 3.12. The molecule has 2 aliphatic rings. The number of aliphatic carboxylic acids is 1. The molecule has 0 amide bonds. The number of likely N-dealkylation sites (tertiary alicyclic amines) is 1. The molecular weight excluding hydrogens is 216 g/mol. The van der Waals surface area contributed by atoms with E-state index in [1.807, 2.05) is 0 Å². The maximum absolute atomic E-state index is 11.0. The minimum absolute atomic E-state index is 0.523. The smallest absolute Gasteiger partial charge is 0.325 e. The van der Waals surface area contributed by atoms with E-state index in [9.17, 15) is 4.79 Å². The Morgan fingerprint density at radius 3 is 2.65 bits per heavy atom. The average Bonchev–Trinajstić information content (AvgIpc) is 2.72. The molecule has 0 spiro atoms. The van der Waals surface area contributed by atoms with Crippen LogP contribution in [-0.4, -0.2) is 41.1 Å².